The van der Waals surface area contributed by atoms with E-state index in [0.717, 1.165) is 12.3 Å². The smallest absolute Gasteiger partial charge is 0.489 e. The van der Waals surface area contributed by atoms with Gasteiger partial charge in [0, 0.05) is 32.2 Å². The zero-order valence-corrected chi connectivity index (χ0v) is 30.8. The molecule has 2 aromatic rings. The monoisotopic (exact) mass is 740 g/mol. The Morgan fingerprint density at radius 3 is 2.34 bits per heavy atom. The number of aromatic nitrogens is 1. The molecule has 0 bridgehead atoms. The summed E-state index contributed by atoms with van der Waals surface area (Å²) in [6.07, 6.45) is -1.19. The van der Waals surface area contributed by atoms with E-state index in [2.05, 4.69) is 0 Å². The molecule has 3 aliphatic rings. The third-order valence-corrected chi connectivity index (χ3v) is 8.99. The normalized spacial score (nSPS) is 21.2. The molecule has 50 heavy (non-hydrogen) atoms. The molecule has 3 atom stereocenters. The molecule has 14 nitrogen and oxygen atoms in total. The van der Waals surface area contributed by atoms with Crippen molar-refractivity contribution in [2.75, 3.05) is 43.9 Å². The van der Waals surface area contributed by atoms with Gasteiger partial charge in [-0.15, -0.1) is 0 Å². The van der Waals surface area contributed by atoms with Crippen LogP contribution in [0.5, 0.6) is 11.5 Å². The number of benzene rings is 1. The lowest BCUT2D eigenvalue weighted by Crippen LogP contribution is -2.58. The minimum atomic E-state index is -3.82. The molecule has 274 valence electrons. The van der Waals surface area contributed by atoms with Crippen LogP contribution in [0.3, 0.4) is 0 Å². The van der Waals surface area contributed by atoms with E-state index in [4.69, 9.17) is 39.7 Å². The highest BCUT2D eigenvalue weighted by molar-refractivity contribution is 7.86. The number of amides is 2. The van der Waals surface area contributed by atoms with Crippen molar-refractivity contribution in [3.63, 3.8) is 0 Å². The second-order valence-electron chi connectivity index (χ2n) is 14.5. The van der Waals surface area contributed by atoms with Gasteiger partial charge in [-0.3, -0.25) is 8.98 Å². The lowest BCUT2D eigenvalue weighted by Gasteiger charge is -2.40. The topological polar surface area (TPSA) is 154 Å². The molecule has 3 aliphatic heterocycles. The first kappa shape index (κ1) is 37.4. The minimum absolute atomic E-state index is 0.0103. The molecule has 4 heterocycles. The van der Waals surface area contributed by atoms with Gasteiger partial charge in [0.1, 0.15) is 51.5 Å². The summed E-state index contributed by atoms with van der Waals surface area (Å²) in [5.41, 5.74) is -2.15. The fraction of sp³-hybridized carbons (Fsp3) is 0.576. The molecular formula is C33H42ClFN4O10S. The van der Waals surface area contributed by atoms with Crippen molar-refractivity contribution in [3.05, 3.63) is 34.6 Å². The van der Waals surface area contributed by atoms with Crippen LogP contribution in [-0.2, 0) is 23.8 Å². The van der Waals surface area contributed by atoms with Gasteiger partial charge in [0.05, 0.1) is 24.0 Å². The number of hydrogen-bond donors (Lipinski definition) is 0. The number of pyridine rings is 1. The largest absolute Gasteiger partial charge is 0.514 e. The van der Waals surface area contributed by atoms with Gasteiger partial charge in [0.25, 0.3) is 16.0 Å². The van der Waals surface area contributed by atoms with Crippen molar-refractivity contribution in [1.82, 2.24) is 14.8 Å². The van der Waals surface area contributed by atoms with E-state index in [-0.39, 0.29) is 78.4 Å². The van der Waals surface area contributed by atoms with Crippen molar-refractivity contribution in [3.8, 4) is 22.8 Å². The van der Waals surface area contributed by atoms with E-state index in [0.29, 0.717) is 0 Å². The Hall–Kier alpha value is -3.89. The zero-order valence-electron chi connectivity index (χ0n) is 29.2. The standard InChI is InChI=1S/C33H42ClFN4O10S/c1-18-14-20(49-50(8,43)44)16-39(18)28-24-27(45-17-19-15-37(12-13-38(19)29(24)40)30(41)47-32(2,3)4)25(34)26(36-28)23-21(35)10-9-11-22(23)46-31(42)48-33(5,6)7/h9-11,18-20H,12-17H2,1-8H3/t18-,19+,20-/m0/s1. The van der Waals surface area contributed by atoms with Crippen molar-refractivity contribution in [2.24, 2.45) is 0 Å². The first-order valence-electron chi connectivity index (χ1n) is 16.1. The lowest BCUT2D eigenvalue weighted by atomic mass is 10.0. The summed E-state index contributed by atoms with van der Waals surface area (Å²) in [4.78, 5) is 49.6. The molecule has 0 saturated carbocycles. The third-order valence-electron chi connectivity index (χ3n) is 8.02. The van der Waals surface area contributed by atoms with E-state index in [1.807, 2.05) is 0 Å². The molecule has 5 rings (SSSR count). The Balaban J connectivity index is 1.62. The zero-order chi connectivity index (χ0) is 36.9. The van der Waals surface area contributed by atoms with E-state index in [9.17, 15) is 22.8 Å². The first-order chi connectivity index (χ1) is 23.1. The predicted octanol–water partition coefficient (Wildman–Crippen LogP) is 5.25. The molecular weight excluding hydrogens is 699 g/mol. The Morgan fingerprint density at radius 2 is 1.70 bits per heavy atom. The average molecular weight is 741 g/mol. The number of carbonyl (C=O) groups excluding carboxylic acids is 3. The Bertz CT molecular complexity index is 1800. The number of fused-ring (bicyclic) bond motifs is 2. The van der Waals surface area contributed by atoms with Gasteiger partial charge in [0.15, 0.2) is 5.75 Å². The van der Waals surface area contributed by atoms with Crippen LogP contribution >= 0.6 is 11.6 Å². The van der Waals surface area contributed by atoms with Crippen molar-refractivity contribution in [1.29, 1.82) is 0 Å². The highest BCUT2D eigenvalue weighted by atomic mass is 35.5. The van der Waals surface area contributed by atoms with Gasteiger partial charge < -0.3 is 33.6 Å². The Labute approximate surface area is 295 Å². The molecule has 0 N–H and O–H groups in total. The number of carbonyl (C=O) groups is 3. The second kappa shape index (κ2) is 13.7. The molecule has 1 aromatic heterocycles. The molecule has 2 amide bonds. The van der Waals surface area contributed by atoms with Crippen LogP contribution in [0.15, 0.2) is 18.2 Å². The summed E-state index contributed by atoms with van der Waals surface area (Å²) in [6.45, 7) is 12.4. The van der Waals surface area contributed by atoms with Crippen LogP contribution in [-0.4, -0.2) is 110 Å². The second-order valence-corrected chi connectivity index (χ2v) is 16.5. The minimum Gasteiger partial charge on any atom is -0.489 e. The van der Waals surface area contributed by atoms with Crippen LogP contribution in [0.25, 0.3) is 11.3 Å². The van der Waals surface area contributed by atoms with Gasteiger partial charge >= 0.3 is 12.2 Å². The number of hydrogen-bond acceptors (Lipinski definition) is 12. The summed E-state index contributed by atoms with van der Waals surface area (Å²) < 4.78 is 67.7. The van der Waals surface area contributed by atoms with Crippen LogP contribution in [0.1, 0.15) is 65.2 Å². The number of halogens is 2. The molecule has 0 aliphatic carbocycles. The van der Waals surface area contributed by atoms with Crippen LogP contribution in [0.4, 0.5) is 19.8 Å². The maximum atomic E-state index is 15.8. The quantitative estimate of drug-likeness (QED) is 0.223. The van der Waals surface area contributed by atoms with Crippen molar-refractivity contribution >= 4 is 45.7 Å². The number of ether oxygens (including phenoxy) is 4. The molecule has 0 radical (unpaired) electrons. The van der Waals surface area contributed by atoms with Crippen molar-refractivity contribution < 1.29 is 50.3 Å². The summed E-state index contributed by atoms with van der Waals surface area (Å²) >= 11 is 6.96. The number of anilines is 1. The van der Waals surface area contributed by atoms with Gasteiger partial charge in [-0.25, -0.2) is 19.0 Å². The first-order valence-corrected chi connectivity index (χ1v) is 18.3. The van der Waals surface area contributed by atoms with Gasteiger partial charge in [-0.05, 0) is 67.0 Å². The molecule has 2 saturated heterocycles. The SMILES string of the molecule is C[C@H]1C[C@H](OS(C)(=O)=O)CN1c1nc(-c2c(F)cccc2OC(=O)OC(C)(C)C)c(Cl)c2c1C(=O)N1CCN(C(=O)OC(C)(C)C)C[C@@H]1CO2. The summed E-state index contributed by atoms with van der Waals surface area (Å²) in [5.74, 6) is -1.65. The Kier molecular flexibility index (Phi) is 10.2. The molecule has 1 aromatic carbocycles. The maximum absolute atomic E-state index is 15.8. The van der Waals surface area contributed by atoms with E-state index < -0.39 is 63.5 Å². The third kappa shape index (κ3) is 8.35. The summed E-state index contributed by atoms with van der Waals surface area (Å²) in [5, 5.41) is -0.226. The number of nitrogens with zero attached hydrogens (tertiary/aromatic N) is 4. The molecule has 0 spiro atoms. The highest BCUT2D eigenvalue weighted by Gasteiger charge is 2.44. The van der Waals surface area contributed by atoms with Crippen molar-refractivity contribution in [2.45, 2.75) is 84.3 Å². The van der Waals surface area contributed by atoms with E-state index in [1.165, 1.54) is 17.0 Å². The summed E-state index contributed by atoms with van der Waals surface area (Å²) in [6, 6.07) is 2.80. The van der Waals surface area contributed by atoms with Crippen LogP contribution < -0.4 is 14.4 Å². The summed E-state index contributed by atoms with van der Waals surface area (Å²) in [7, 11) is -3.82. The maximum Gasteiger partial charge on any atom is 0.514 e. The fourth-order valence-corrected chi connectivity index (χ4v) is 7.01. The van der Waals surface area contributed by atoms with Crippen LogP contribution in [0.2, 0.25) is 5.02 Å². The molecule has 0 unspecified atom stereocenters. The van der Waals surface area contributed by atoms with E-state index in [1.54, 1.807) is 58.3 Å². The van der Waals surface area contributed by atoms with Gasteiger partial charge in [-0.1, -0.05) is 17.7 Å². The predicted molar refractivity (Wildman–Crippen MR) is 181 cm³/mol. The fourth-order valence-electron chi connectivity index (χ4n) is 6.09. The lowest BCUT2D eigenvalue weighted by molar-refractivity contribution is 0.000934. The van der Waals surface area contributed by atoms with Gasteiger partial charge in [0.2, 0.25) is 0 Å². The van der Waals surface area contributed by atoms with Crippen LogP contribution in [0, 0.1) is 5.82 Å². The van der Waals surface area contributed by atoms with E-state index >= 15 is 4.39 Å². The highest BCUT2D eigenvalue weighted by Crippen LogP contribution is 2.47. The molecule has 2 fully saturated rings. The number of rotatable bonds is 5. The van der Waals surface area contributed by atoms with Gasteiger partial charge in [-0.2, -0.15) is 8.42 Å². The number of piperazine rings is 1. The Morgan fingerprint density at radius 1 is 1.02 bits per heavy atom. The average Bonchev–Trinajstić information content (AvgIpc) is 3.24. The molecule has 17 heteroatoms.